The molecule has 0 aliphatic carbocycles. The van der Waals surface area contributed by atoms with Gasteiger partial charge in [-0.3, -0.25) is 0 Å². The summed E-state index contributed by atoms with van der Waals surface area (Å²) in [5, 5.41) is 0. The zero-order valence-electron chi connectivity index (χ0n) is 8.39. The second-order valence-electron chi connectivity index (χ2n) is 3.26. The molecule has 0 amide bonds. The third-order valence-electron chi connectivity index (χ3n) is 2.08. The summed E-state index contributed by atoms with van der Waals surface area (Å²) in [6, 6.07) is 4.31. The van der Waals surface area contributed by atoms with Crippen LogP contribution in [0.15, 0.2) is 22.7 Å². The minimum Gasteiger partial charge on any atom is -0.0842 e. The molecule has 1 heteroatoms. The second kappa shape index (κ2) is 4.61. The number of benzene rings is 1. The fraction of sp³-hybridized carbons (Fsp3) is 0.333. The number of rotatable bonds is 2. The van der Waals surface area contributed by atoms with Crippen molar-refractivity contribution >= 4 is 22.0 Å². The van der Waals surface area contributed by atoms with Gasteiger partial charge in [-0.15, -0.1) is 0 Å². The van der Waals surface area contributed by atoms with Gasteiger partial charge in [0.15, 0.2) is 0 Å². The van der Waals surface area contributed by atoms with Gasteiger partial charge < -0.3 is 0 Å². The molecule has 0 aliphatic heterocycles. The first-order chi connectivity index (χ1) is 6.15. The Morgan fingerprint density at radius 3 is 2.23 bits per heavy atom. The average Bonchev–Trinajstić information content (AvgIpc) is 2.02. The fourth-order valence-electron chi connectivity index (χ4n) is 1.42. The Morgan fingerprint density at radius 2 is 1.77 bits per heavy atom. The Kier molecular flexibility index (Phi) is 3.73. The first kappa shape index (κ1) is 10.5. The van der Waals surface area contributed by atoms with Crippen LogP contribution in [0.3, 0.4) is 0 Å². The summed E-state index contributed by atoms with van der Waals surface area (Å²) in [4.78, 5) is 0. The topological polar surface area (TPSA) is 0 Å². The smallest absolute Gasteiger partial charge is 0.0180 e. The predicted molar refractivity (Wildman–Crippen MR) is 62.9 cm³/mol. The van der Waals surface area contributed by atoms with Crippen LogP contribution in [0.25, 0.3) is 6.08 Å². The van der Waals surface area contributed by atoms with Crippen molar-refractivity contribution in [2.24, 2.45) is 0 Å². The zero-order chi connectivity index (χ0) is 9.84. The van der Waals surface area contributed by atoms with E-state index in [2.05, 4.69) is 61.0 Å². The number of aryl methyl sites for hydroxylation is 2. The van der Waals surface area contributed by atoms with E-state index in [4.69, 9.17) is 0 Å². The molecule has 0 fully saturated rings. The lowest BCUT2D eigenvalue weighted by Gasteiger charge is -2.05. The molecular weight excluding hydrogens is 224 g/mol. The van der Waals surface area contributed by atoms with Crippen molar-refractivity contribution in [3.05, 3.63) is 39.4 Å². The van der Waals surface area contributed by atoms with Gasteiger partial charge in [-0.1, -0.05) is 35.0 Å². The van der Waals surface area contributed by atoms with Crippen LogP contribution in [0, 0.1) is 13.8 Å². The molecule has 0 aromatic heterocycles. The number of allylic oxidation sites excluding steroid dienone is 1. The van der Waals surface area contributed by atoms with Crippen LogP contribution in [0.2, 0.25) is 0 Å². The second-order valence-corrected chi connectivity index (χ2v) is 4.18. The molecule has 0 saturated carbocycles. The quantitative estimate of drug-likeness (QED) is 0.713. The molecule has 1 rings (SSSR count). The van der Waals surface area contributed by atoms with Crippen molar-refractivity contribution in [3.8, 4) is 0 Å². The van der Waals surface area contributed by atoms with Gasteiger partial charge in [0.05, 0.1) is 0 Å². The molecule has 70 valence electrons. The normalized spacial score (nSPS) is 11.1. The van der Waals surface area contributed by atoms with Crippen molar-refractivity contribution < 1.29 is 0 Å². The van der Waals surface area contributed by atoms with Gasteiger partial charge in [-0.2, -0.15) is 0 Å². The first-order valence-corrected chi connectivity index (χ1v) is 5.37. The molecular formula is C12H15Br. The highest BCUT2D eigenvalue weighted by Gasteiger charge is 1.99. The molecule has 0 heterocycles. The minimum absolute atomic E-state index is 1.09. The van der Waals surface area contributed by atoms with Gasteiger partial charge in [0.1, 0.15) is 0 Å². The predicted octanol–water partition coefficient (Wildman–Crippen LogP) is 4.49. The van der Waals surface area contributed by atoms with Gasteiger partial charge in [-0.05, 0) is 49.1 Å². The maximum atomic E-state index is 3.49. The molecule has 0 nitrogen and oxygen atoms in total. The molecule has 1 aromatic rings. The van der Waals surface area contributed by atoms with Crippen molar-refractivity contribution in [1.29, 1.82) is 0 Å². The lowest BCUT2D eigenvalue weighted by atomic mass is 10.0. The standard InChI is InChI=1S/C12H15Br/c1-4-5-6-12-9(2)7-11(13)8-10(12)3/h5-8H,4H2,1-3H3/b6-5+. The largest absolute Gasteiger partial charge is 0.0842 e. The minimum atomic E-state index is 1.09. The van der Waals surface area contributed by atoms with Crippen LogP contribution in [-0.2, 0) is 0 Å². The van der Waals surface area contributed by atoms with E-state index >= 15 is 0 Å². The highest BCUT2D eigenvalue weighted by atomic mass is 79.9. The third-order valence-corrected chi connectivity index (χ3v) is 2.54. The van der Waals surface area contributed by atoms with E-state index < -0.39 is 0 Å². The molecule has 0 atom stereocenters. The van der Waals surface area contributed by atoms with Crippen LogP contribution in [0.4, 0.5) is 0 Å². The number of halogens is 1. The molecule has 1 aromatic carbocycles. The van der Waals surface area contributed by atoms with Gasteiger partial charge in [0.2, 0.25) is 0 Å². The van der Waals surface area contributed by atoms with Gasteiger partial charge >= 0.3 is 0 Å². The lowest BCUT2D eigenvalue weighted by Crippen LogP contribution is -1.86. The van der Waals surface area contributed by atoms with Gasteiger partial charge in [0, 0.05) is 4.47 Å². The number of hydrogen-bond acceptors (Lipinski definition) is 0. The summed E-state index contributed by atoms with van der Waals surface area (Å²) in [5.74, 6) is 0. The summed E-state index contributed by atoms with van der Waals surface area (Å²) >= 11 is 3.49. The van der Waals surface area contributed by atoms with E-state index in [-0.39, 0.29) is 0 Å². The molecule has 0 bridgehead atoms. The Bertz CT molecular complexity index is 301. The lowest BCUT2D eigenvalue weighted by molar-refractivity contribution is 1.23. The Morgan fingerprint density at radius 1 is 1.23 bits per heavy atom. The summed E-state index contributed by atoms with van der Waals surface area (Å²) in [7, 11) is 0. The zero-order valence-corrected chi connectivity index (χ0v) is 9.98. The van der Waals surface area contributed by atoms with Crippen LogP contribution in [0.5, 0.6) is 0 Å². The van der Waals surface area contributed by atoms with Crippen molar-refractivity contribution in [2.45, 2.75) is 27.2 Å². The van der Waals surface area contributed by atoms with Crippen LogP contribution in [0.1, 0.15) is 30.0 Å². The fourth-order valence-corrected chi connectivity index (χ4v) is 2.11. The maximum Gasteiger partial charge on any atom is 0.0180 e. The summed E-state index contributed by atoms with van der Waals surface area (Å²) in [6.07, 6.45) is 5.50. The number of hydrogen-bond donors (Lipinski definition) is 0. The Labute approximate surface area is 88.8 Å². The van der Waals surface area contributed by atoms with Crippen molar-refractivity contribution in [3.63, 3.8) is 0 Å². The SMILES string of the molecule is CC/C=C/c1c(C)cc(Br)cc1C. The maximum absolute atomic E-state index is 3.49. The molecule has 0 aliphatic rings. The van der Waals surface area contributed by atoms with E-state index in [1.165, 1.54) is 16.7 Å². The van der Waals surface area contributed by atoms with Crippen molar-refractivity contribution in [2.75, 3.05) is 0 Å². The first-order valence-electron chi connectivity index (χ1n) is 4.58. The van der Waals surface area contributed by atoms with Crippen molar-refractivity contribution in [1.82, 2.24) is 0 Å². The Hall–Kier alpha value is -0.560. The molecule has 0 unspecified atom stereocenters. The molecule has 0 radical (unpaired) electrons. The highest BCUT2D eigenvalue weighted by Crippen LogP contribution is 2.21. The van der Waals surface area contributed by atoms with E-state index in [0.29, 0.717) is 0 Å². The van der Waals surface area contributed by atoms with Gasteiger partial charge in [-0.25, -0.2) is 0 Å². The average molecular weight is 239 g/mol. The molecule has 0 saturated heterocycles. The Balaban J connectivity index is 3.13. The van der Waals surface area contributed by atoms with Crippen LogP contribution < -0.4 is 0 Å². The molecule has 0 spiro atoms. The third kappa shape index (κ3) is 2.70. The summed E-state index contributed by atoms with van der Waals surface area (Å²) in [6.45, 7) is 6.44. The van der Waals surface area contributed by atoms with E-state index in [9.17, 15) is 0 Å². The summed E-state index contributed by atoms with van der Waals surface area (Å²) in [5.41, 5.74) is 4.01. The summed E-state index contributed by atoms with van der Waals surface area (Å²) < 4.78 is 1.16. The van der Waals surface area contributed by atoms with E-state index in [1.54, 1.807) is 0 Å². The highest BCUT2D eigenvalue weighted by molar-refractivity contribution is 9.10. The van der Waals surface area contributed by atoms with E-state index in [1.807, 2.05) is 0 Å². The van der Waals surface area contributed by atoms with Gasteiger partial charge in [0.25, 0.3) is 0 Å². The van der Waals surface area contributed by atoms with Crippen LogP contribution >= 0.6 is 15.9 Å². The molecule has 0 N–H and O–H groups in total. The van der Waals surface area contributed by atoms with Crippen LogP contribution in [-0.4, -0.2) is 0 Å². The monoisotopic (exact) mass is 238 g/mol. The van der Waals surface area contributed by atoms with E-state index in [0.717, 1.165) is 10.9 Å². The molecule has 13 heavy (non-hydrogen) atoms.